The molecule has 1 aromatic carbocycles. The largest absolute Gasteiger partial charge is 0.384 e. The Balaban J connectivity index is 2.74. The lowest BCUT2D eigenvalue weighted by atomic mass is 10.1. The summed E-state index contributed by atoms with van der Waals surface area (Å²) in [6.45, 7) is 2.88. The zero-order valence-corrected chi connectivity index (χ0v) is 8.90. The lowest BCUT2D eigenvalue weighted by Gasteiger charge is -2.05. The van der Waals surface area contributed by atoms with E-state index in [0.717, 1.165) is 24.5 Å². The molecule has 2 heteroatoms. The van der Waals surface area contributed by atoms with Crippen LogP contribution in [-0.4, -0.2) is 13.7 Å². The Morgan fingerprint density at radius 1 is 1.38 bits per heavy atom. The molecule has 0 saturated carbocycles. The fraction of sp³-hybridized carbons (Fsp3) is 0.455. The van der Waals surface area contributed by atoms with Gasteiger partial charge in [0.25, 0.3) is 0 Å². The summed E-state index contributed by atoms with van der Waals surface area (Å²) in [6, 6.07) is 6.17. The van der Waals surface area contributed by atoms with Gasteiger partial charge in [-0.1, -0.05) is 30.7 Å². The summed E-state index contributed by atoms with van der Waals surface area (Å²) in [6.07, 6.45) is 1.94. The molecule has 0 amide bonds. The third-order valence-corrected chi connectivity index (χ3v) is 2.45. The number of rotatable bonds is 4. The molecule has 0 heterocycles. The summed E-state index contributed by atoms with van der Waals surface area (Å²) in [7, 11) is 1.72. The van der Waals surface area contributed by atoms with Crippen molar-refractivity contribution in [3.63, 3.8) is 0 Å². The van der Waals surface area contributed by atoms with E-state index < -0.39 is 0 Å². The summed E-state index contributed by atoms with van der Waals surface area (Å²) in [5, 5.41) is 0.865. The van der Waals surface area contributed by atoms with Crippen LogP contribution in [0.1, 0.15) is 18.1 Å². The average Bonchev–Trinajstić information content (AvgIpc) is 2.16. The first-order valence-corrected chi connectivity index (χ1v) is 4.92. The van der Waals surface area contributed by atoms with Gasteiger partial charge < -0.3 is 4.74 Å². The maximum Gasteiger partial charge on any atom is 0.0502 e. The normalized spacial score (nSPS) is 10.4. The molecule has 72 valence electrons. The highest BCUT2D eigenvalue weighted by atomic mass is 35.5. The van der Waals surface area contributed by atoms with Crippen molar-refractivity contribution >= 4 is 11.6 Å². The van der Waals surface area contributed by atoms with Crippen molar-refractivity contribution in [3.8, 4) is 0 Å². The van der Waals surface area contributed by atoms with Crippen LogP contribution in [0.2, 0.25) is 5.02 Å². The van der Waals surface area contributed by atoms with Crippen LogP contribution in [-0.2, 0) is 17.6 Å². The van der Waals surface area contributed by atoms with Crippen LogP contribution in [0.15, 0.2) is 18.2 Å². The number of aryl methyl sites for hydroxylation is 1. The number of benzene rings is 1. The molecule has 1 rings (SSSR count). The molecule has 0 aliphatic rings. The number of methoxy groups -OCH3 is 1. The molecule has 0 aliphatic carbocycles. The molecule has 0 spiro atoms. The second-order valence-corrected chi connectivity index (χ2v) is 3.43. The van der Waals surface area contributed by atoms with Crippen LogP contribution in [0.5, 0.6) is 0 Å². The first-order valence-electron chi connectivity index (χ1n) is 4.54. The van der Waals surface area contributed by atoms with E-state index in [-0.39, 0.29) is 0 Å². The van der Waals surface area contributed by atoms with E-state index in [1.165, 1.54) is 11.1 Å². The third-order valence-electron chi connectivity index (χ3n) is 2.09. The van der Waals surface area contributed by atoms with E-state index in [9.17, 15) is 0 Å². The SMILES string of the molecule is CCc1cc(CCOC)ccc1Cl. The molecule has 0 fully saturated rings. The van der Waals surface area contributed by atoms with Gasteiger partial charge in [-0.2, -0.15) is 0 Å². The van der Waals surface area contributed by atoms with Gasteiger partial charge in [0, 0.05) is 12.1 Å². The van der Waals surface area contributed by atoms with Gasteiger partial charge in [-0.3, -0.25) is 0 Å². The molecule has 0 bridgehead atoms. The molecule has 0 radical (unpaired) electrons. The van der Waals surface area contributed by atoms with Gasteiger partial charge in [0.2, 0.25) is 0 Å². The minimum absolute atomic E-state index is 0.769. The van der Waals surface area contributed by atoms with E-state index >= 15 is 0 Å². The van der Waals surface area contributed by atoms with Gasteiger partial charge in [0.1, 0.15) is 0 Å². The summed E-state index contributed by atoms with van der Waals surface area (Å²) in [5.74, 6) is 0. The Hall–Kier alpha value is -0.530. The van der Waals surface area contributed by atoms with Crippen LogP contribution in [0, 0.1) is 0 Å². The number of ether oxygens (including phenoxy) is 1. The molecule has 0 aromatic heterocycles. The average molecular weight is 199 g/mol. The Bertz CT molecular complexity index is 271. The van der Waals surface area contributed by atoms with E-state index in [2.05, 4.69) is 19.1 Å². The highest BCUT2D eigenvalue weighted by Crippen LogP contribution is 2.18. The van der Waals surface area contributed by atoms with Crippen LogP contribution in [0.25, 0.3) is 0 Å². The standard InChI is InChI=1S/C11H15ClO/c1-3-10-8-9(6-7-13-2)4-5-11(10)12/h4-5,8H,3,6-7H2,1-2H3. The Morgan fingerprint density at radius 3 is 2.77 bits per heavy atom. The fourth-order valence-corrected chi connectivity index (χ4v) is 1.53. The van der Waals surface area contributed by atoms with E-state index in [1.54, 1.807) is 7.11 Å². The summed E-state index contributed by atoms with van der Waals surface area (Å²) in [4.78, 5) is 0. The smallest absolute Gasteiger partial charge is 0.0502 e. The molecule has 1 aromatic rings. The minimum Gasteiger partial charge on any atom is -0.384 e. The van der Waals surface area contributed by atoms with Crippen molar-refractivity contribution in [2.75, 3.05) is 13.7 Å². The predicted molar refractivity (Wildman–Crippen MR) is 56.4 cm³/mol. The third kappa shape index (κ3) is 3.02. The topological polar surface area (TPSA) is 9.23 Å². The van der Waals surface area contributed by atoms with E-state index in [4.69, 9.17) is 16.3 Å². The summed E-state index contributed by atoms with van der Waals surface area (Å²) in [5.41, 5.74) is 2.51. The molecule has 1 nitrogen and oxygen atoms in total. The fourth-order valence-electron chi connectivity index (χ4n) is 1.27. The number of hydrogen-bond donors (Lipinski definition) is 0. The highest BCUT2D eigenvalue weighted by Gasteiger charge is 1.99. The van der Waals surface area contributed by atoms with Crippen LogP contribution >= 0.6 is 11.6 Å². The highest BCUT2D eigenvalue weighted by molar-refractivity contribution is 6.31. The Labute approximate surface area is 84.7 Å². The van der Waals surface area contributed by atoms with Crippen molar-refractivity contribution in [1.29, 1.82) is 0 Å². The number of halogens is 1. The monoisotopic (exact) mass is 198 g/mol. The van der Waals surface area contributed by atoms with Crippen LogP contribution in [0.4, 0.5) is 0 Å². The van der Waals surface area contributed by atoms with Crippen molar-refractivity contribution in [2.24, 2.45) is 0 Å². The second-order valence-electron chi connectivity index (χ2n) is 3.02. The lowest BCUT2D eigenvalue weighted by molar-refractivity contribution is 0.202. The summed E-state index contributed by atoms with van der Waals surface area (Å²) >= 11 is 6.00. The van der Waals surface area contributed by atoms with E-state index in [1.807, 2.05) is 6.07 Å². The zero-order valence-electron chi connectivity index (χ0n) is 8.14. The van der Waals surface area contributed by atoms with Gasteiger partial charge in [0.05, 0.1) is 6.61 Å². The molecular weight excluding hydrogens is 184 g/mol. The van der Waals surface area contributed by atoms with Crippen LogP contribution in [0.3, 0.4) is 0 Å². The maximum absolute atomic E-state index is 6.00. The summed E-state index contributed by atoms with van der Waals surface area (Å²) < 4.78 is 5.02. The number of hydrogen-bond acceptors (Lipinski definition) is 1. The molecule has 13 heavy (non-hydrogen) atoms. The van der Waals surface area contributed by atoms with Crippen molar-refractivity contribution in [2.45, 2.75) is 19.8 Å². The van der Waals surface area contributed by atoms with Gasteiger partial charge in [-0.15, -0.1) is 0 Å². The van der Waals surface area contributed by atoms with Gasteiger partial charge in [0.15, 0.2) is 0 Å². The maximum atomic E-state index is 6.00. The Kier molecular flexibility index (Phi) is 4.26. The predicted octanol–water partition coefficient (Wildman–Crippen LogP) is 3.09. The molecule has 0 saturated heterocycles. The molecule has 0 N–H and O–H groups in total. The van der Waals surface area contributed by atoms with Crippen LogP contribution < -0.4 is 0 Å². The second kappa shape index (κ2) is 5.25. The van der Waals surface area contributed by atoms with Gasteiger partial charge >= 0.3 is 0 Å². The first-order chi connectivity index (χ1) is 6.27. The van der Waals surface area contributed by atoms with Gasteiger partial charge in [-0.25, -0.2) is 0 Å². The minimum atomic E-state index is 0.769. The lowest BCUT2D eigenvalue weighted by Crippen LogP contribution is -1.95. The van der Waals surface area contributed by atoms with Crippen molar-refractivity contribution < 1.29 is 4.74 Å². The van der Waals surface area contributed by atoms with Crippen molar-refractivity contribution in [3.05, 3.63) is 34.3 Å². The molecular formula is C11H15ClO. The molecule has 0 atom stereocenters. The quantitative estimate of drug-likeness (QED) is 0.723. The molecule has 0 aliphatic heterocycles. The van der Waals surface area contributed by atoms with Crippen molar-refractivity contribution in [1.82, 2.24) is 0 Å². The zero-order chi connectivity index (χ0) is 9.68. The van der Waals surface area contributed by atoms with Gasteiger partial charge in [-0.05, 0) is 30.0 Å². The van der Waals surface area contributed by atoms with E-state index in [0.29, 0.717) is 0 Å². The molecule has 0 unspecified atom stereocenters. The Morgan fingerprint density at radius 2 is 2.15 bits per heavy atom. The first kappa shape index (κ1) is 10.6.